The van der Waals surface area contributed by atoms with Crippen molar-refractivity contribution in [3.8, 4) is 5.75 Å². The summed E-state index contributed by atoms with van der Waals surface area (Å²) >= 11 is 0. The maximum atomic E-state index is 5.21. The van der Waals surface area contributed by atoms with Crippen LogP contribution >= 0.6 is 0 Å². The first-order valence-electron chi connectivity index (χ1n) is 5.67. The van der Waals surface area contributed by atoms with Crippen LogP contribution < -0.4 is 10.1 Å². The summed E-state index contributed by atoms with van der Waals surface area (Å²) in [5, 5.41) is 3.41. The maximum Gasteiger partial charge on any atom is 0.120 e. The highest BCUT2D eigenvalue weighted by Crippen LogP contribution is 2.24. The molecule has 88 valence electrons. The number of nitrogens with one attached hydrogen (secondary N) is 1. The molecule has 0 fully saturated rings. The molecule has 2 heteroatoms. The third-order valence-corrected chi connectivity index (χ3v) is 2.74. The second-order valence-electron chi connectivity index (χ2n) is 4.18. The second kappa shape index (κ2) is 4.91. The molecule has 0 radical (unpaired) electrons. The van der Waals surface area contributed by atoms with Gasteiger partial charge in [-0.05, 0) is 43.2 Å². The lowest BCUT2D eigenvalue weighted by atomic mass is 10.1. The Morgan fingerprint density at radius 1 is 1.00 bits per heavy atom. The molecule has 0 aromatic heterocycles. The number of hydrogen-bond donors (Lipinski definition) is 1. The largest absolute Gasteiger partial charge is 0.497 e. The van der Waals surface area contributed by atoms with Crippen LogP contribution in [0.3, 0.4) is 0 Å². The van der Waals surface area contributed by atoms with Gasteiger partial charge in [0.05, 0.1) is 7.11 Å². The number of anilines is 2. The third-order valence-electron chi connectivity index (χ3n) is 2.74. The molecule has 2 rings (SSSR count). The summed E-state index contributed by atoms with van der Waals surface area (Å²) < 4.78 is 5.21. The predicted octanol–water partition coefficient (Wildman–Crippen LogP) is 4.06. The summed E-state index contributed by atoms with van der Waals surface area (Å²) in [7, 11) is 1.68. The van der Waals surface area contributed by atoms with Crippen molar-refractivity contribution >= 4 is 11.4 Å². The molecule has 2 nitrogen and oxygen atoms in total. The van der Waals surface area contributed by atoms with Gasteiger partial charge >= 0.3 is 0 Å². The lowest BCUT2D eigenvalue weighted by Gasteiger charge is -2.11. The SMILES string of the molecule is COc1cccc(Nc2cc(C)ccc2C)c1. The molecule has 0 heterocycles. The van der Waals surface area contributed by atoms with Crippen LogP contribution in [-0.4, -0.2) is 7.11 Å². The summed E-state index contributed by atoms with van der Waals surface area (Å²) in [5.41, 5.74) is 4.66. The van der Waals surface area contributed by atoms with Crippen LogP contribution in [0.5, 0.6) is 5.75 Å². The number of benzene rings is 2. The Labute approximate surface area is 102 Å². The molecular formula is C15H17NO. The molecule has 0 saturated heterocycles. The van der Waals surface area contributed by atoms with Gasteiger partial charge in [-0.2, -0.15) is 0 Å². The fraction of sp³-hybridized carbons (Fsp3) is 0.200. The third kappa shape index (κ3) is 2.78. The van der Waals surface area contributed by atoms with Crippen LogP contribution in [-0.2, 0) is 0 Å². The first kappa shape index (κ1) is 11.5. The molecule has 0 aliphatic carbocycles. The smallest absolute Gasteiger partial charge is 0.120 e. The van der Waals surface area contributed by atoms with E-state index in [2.05, 4.69) is 37.4 Å². The van der Waals surface area contributed by atoms with Gasteiger partial charge in [-0.3, -0.25) is 0 Å². The Kier molecular flexibility index (Phi) is 3.33. The van der Waals surface area contributed by atoms with Gasteiger partial charge in [0, 0.05) is 17.4 Å². The van der Waals surface area contributed by atoms with E-state index >= 15 is 0 Å². The molecule has 0 amide bonds. The Morgan fingerprint density at radius 2 is 1.82 bits per heavy atom. The van der Waals surface area contributed by atoms with E-state index in [0.29, 0.717) is 0 Å². The van der Waals surface area contributed by atoms with Gasteiger partial charge in [0.15, 0.2) is 0 Å². The van der Waals surface area contributed by atoms with E-state index in [0.717, 1.165) is 17.1 Å². The average Bonchev–Trinajstić information content (AvgIpc) is 2.34. The normalized spacial score (nSPS) is 10.1. The van der Waals surface area contributed by atoms with Gasteiger partial charge in [-0.25, -0.2) is 0 Å². The van der Waals surface area contributed by atoms with E-state index in [1.807, 2.05) is 24.3 Å². The van der Waals surface area contributed by atoms with Crippen LogP contribution in [0.2, 0.25) is 0 Å². The fourth-order valence-electron chi connectivity index (χ4n) is 1.73. The van der Waals surface area contributed by atoms with E-state index in [4.69, 9.17) is 4.74 Å². The van der Waals surface area contributed by atoms with Crippen LogP contribution in [0.15, 0.2) is 42.5 Å². The van der Waals surface area contributed by atoms with Crippen molar-refractivity contribution in [2.75, 3.05) is 12.4 Å². The lowest BCUT2D eigenvalue weighted by molar-refractivity contribution is 0.415. The van der Waals surface area contributed by atoms with Gasteiger partial charge in [0.2, 0.25) is 0 Å². The van der Waals surface area contributed by atoms with E-state index in [-0.39, 0.29) is 0 Å². The van der Waals surface area contributed by atoms with E-state index in [1.165, 1.54) is 11.1 Å². The number of rotatable bonds is 3. The van der Waals surface area contributed by atoms with Crippen molar-refractivity contribution in [3.05, 3.63) is 53.6 Å². The standard InChI is InChI=1S/C15H17NO/c1-11-7-8-12(2)15(9-11)16-13-5-4-6-14(10-13)17-3/h4-10,16H,1-3H3. The van der Waals surface area contributed by atoms with Gasteiger partial charge < -0.3 is 10.1 Å². The molecular weight excluding hydrogens is 210 g/mol. The molecule has 0 aliphatic heterocycles. The second-order valence-corrected chi connectivity index (χ2v) is 4.18. The molecule has 2 aromatic rings. The first-order valence-corrected chi connectivity index (χ1v) is 5.67. The van der Waals surface area contributed by atoms with Crippen molar-refractivity contribution in [1.29, 1.82) is 0 Å². The van der Waals surface area contributed by atoms with Crippen molar-refractivity contribution in [2.24, 2.45) is 0 Å². The van der Waals surface area contributed by atoms with Crippen LogP contribution in [0.25, 0.3) is 0 Å². The summed E-state index contributed by atoms with van der Waals surface area (Å²) in [6.07, 6.45) is 0. The molecule has 17 heavy (non-hydrogen) atoms. The monoisotopic (exact) mass is 227 g/mol. The zero-order valence-electron chi connectivity index (χ0n) is 10.4. The molecule has 0 saturated carbocycles. The van der Waals surface area contributed by atoms with Gasteiger partial charge in [-0.1, -0.05) is 18.2 Å². The molecule has 0 spiro atoms. The minimum atomic E-state index is 0.861. The van der Waals surface area contributed by atoms with Crippen molar-refractivity contribution in [2.45, 2.75) is 13.8 Å². The highest BCUT2D eigenvalue weighted by atomic mass is 16.5. The van der Waals surface area contributed by atoms with Crippen molar-refractivity contribution in [1.82, 2.24) is 0 Å². The summed E-state index contributed by atoms with van der Waals surface area (Å²) in [4.78, 5) is 0. The van der Waals surface area contributed by atoms with E-state index < -0.39 is 0 Å². The summed E-state index contributed by atoms with van der Waals surface area (Å²) in [6, 6.07) is 14.3. The molecule has 0 aliphatic rings. The topological polar surface area (TPSA) is 21.3 Å². The van der Waals surface area contributed by atoms with E-state index in [9.17, 15) is 0 Å². The average molecular weight is 227 g/mol. The first-order chi connectivity index (χ1) is 8.19. The lowest BCUT2D eigenvalue weighted by Crippen LogP contribution is -1.94. The Bertz CT molecular complexity index is 520. The molecule has 0 bridgehead atoms. The minimum Gasteiger partial charge on any atom is -0.497 e. The zero-order chi connectivity index (χ0) is 12.3. The van der Waals surface area contributed by atoms with Crippen LogP contribution in [0.4, 0.5) is 11.4 Å². The van der Waals surface area contributed by atoms with Gasteiger partial charge in [0.25, 0.3) is 0 Å². The highest BCUT2D eigenvalue weighted by Gasteiger charge is 2.00. The number of ether oxygens (including phenoxy) is 1. The summed E-state index contributed by atoms with van der Waals surface area (Å²) in [6.45, 7) is 4.19. The van der Waals surface area contributed by atoms with Gasteiger partial charge in [-0.15, -0.1) is 0 Å². The number of hydrogen-bond acceptors (Lipinski definition) is 2. The van der Waals surface area contributed by atoms with E-state index in [1.54, 1.807) is 7.11 Å². The van der Waals surface area contributed by atoms with Crippen molar-refractivity contribution < 1.29 is 4.74 Å². The quantitative estimate of drug-likeness (QED) is 0.853. The Balaban J connectivity index is 2.27. The van der Waals surface area contributed by atoms with Crippen LogP contribution in [0.1, 0.15) is 11.1 Å². The molecule has 2 aromatic carbocycles. The minimum absolute atomic E-state index is 0.861. The summed E-state index contributed by atoms with van der Waals surface area (Å²) in [5.74, 6) is 0.861. The number of methoxy groups -OCH3 is 1. The maximum absolute atomic E-state index is 5.21. The van der Waals surface area contributed by atoms with Gasteiger partial charge in [0.1, 0.15) is 5.75 Å². The molecule has 0 atom stereocenters. The van der Waals surface area contributed by atoms with Crippen LogP contribution in [0, 0.1) is 13.8 Å². The fourth-order valence-corrected chi connectivity index (χ4v) is 1.73. The van der Waals surface area contributed by atoms with Crippen molar-refractivity contribution in [3.63, 3.8) is 0 Å². The Morgan fingerprint density at radius 3 is 2.59 bits per heavy atom. The molecule has 1 N–H and O–H groups in total. The predicted molar refractivity (Wildman–Crippen MR) is 72.2 cm³/mol. The molecule has 0 unspecified atom stereocenters. The number of aryl methyl sites for hydroxylation is 2. The Hall–Kier alpha value is -1.96. The highest BCUT2D eigenvalue weighted by molar-refractivity contribution is 5.64. The zero-order valence-corrected chi connectivity index (χ0v) is 10.4.